The Morgan fingerprint density at radius 1 is 0.722 bits per heavy atom. The minimum Gasteiger partial charge on any atom is -0.379 e. The molecule has 0 fully saturated rings. The molecule has 5 heteroatoms. The average molecular weight is 259 g/mol. The number of nitrogens with zero attached hydrogens (tertiary/aromatic N) is 1. The van der Waals surface area contributed by atoms with Crippen LogP contribution in [0.4, 0.5) is 0 Å². The van der Waals surface area contributed by atoms with E-state index in [9.17, 15) is 0 Å². The van der Waals surface area contributed by atoms with Gasteiger partial charge >= 0.3 is 0 Å². The molecule has 18 heavy (non-hydrogen) atoms. The Bertz CT molecular complexity index is 194. The summed E-state index contributed by atoms with van der Waals surface area (Å²) in [6, 6.07) is 2.01. The van der Waals surface area contributed by atoms with Crippen LogP contribution >= 0.6 is 0 Å². The van der Waals surface area contributed by atoms with Crippen molar-refractivity contribution in [2.45, 2.75) is 26.2 Å². The third kappa shape index (κ3) is 15.3. The fraction of sp³-hybridized carbons (Fsp3) is 0.923. The summed E-state index contributed by atoms with van der Waals surface area (Å²) in [4.78, 5) is 0. The number of unbranched alkanes of at least 4 members (excludes halogenated alkanes) is 1. The molecular formula is C13H25NO4. The van der Waals surface area contributed by atoms with Crippen molar-refractivity contribution in [2.75, 3.05) is 52.9 Å². The van der Waals surface area contributed by atoms with E-state index in [0.717, 1.165) is 19.4 Å². The summed E-state index contributed by atoms with van der Waals surface area (Å²) in [5.74, 6) is 0. The third-order valence-electron chi connectivity index (χ3n) is 2.12. The second-order valence-electron chi connectivity index (χ2n) is 3.71. The molecule has 0 heterocycles. The molecule has 0 aromatic heterocycles. The lowest BCUT2D eigenvalue weighted by Gasteiger charge is -2.06. The third-order valence-corrected chi connectivity index (χ3v) is 2.12. The Balaban J connectivity index is 2.89. The summed E-state index contributed by atoms with van der Waals surface area (Å²) in [6.45, 7) is 6.92. The second kappa shape index (κ2) is 16.3. The van der Waals surface area contributed by atoms with Gasteiger partial charge in [0.1, 0.15) is 0 Å². The highest BCUT2D eigenvalue weighted by Crippen LogP contribution is 1.88. The molecule has 0 aliphatic carbocycles. The van der Waals surface area contributed by atoms with Gasteiger partial charge in [-0.3, -0.25) is 0 Å². The van der Waals surface area contributed by atoms with Crippen molar-refractivity contribution >= 4 is 0 Å². The number of rotatable bonds is 14. The molecule has 0 aromatic carbocycles. The average Bonchev–Trinajstić information content (AvgIpc) is 2.39. The van der Waals surface area contributed by atoms with Crippen LogP contribution in [0.1, 0.15) is 26.2 Å². The van der Waals surface area contributed by atoms with E-state index < -0.39 is 0 Å². The SMILES string of the molecule is CCCCOCCOCCOCCOCCC#N. The van der Waals surface area contributed by atoms with Gasteiger partial charge in [-0.15, -0.1) is 0 Å². The zero-order valence-electron chi connectivity index (χ0n) is 11.4. The van der Waals surface area contributed by atoms with Gasteiger partial charge < -0.3 is 18.9 Å². The van der Waals surface area contributed by atoms with Crippen LogP contribution in [0.15, 0.2) is 0 Å². The summed E-state index contributed by atoms with van der Waals surface area (Å²) in [5.41, 5.74) is 0. The highest BCUT2D eigenvalue weighted by atomic mass is 16.6. The van der Waals surface area contributed by atoms with E-state index in [0.29, 0.717) is 52.7 Å². The number of nitriles is 1. The van der Waals surface area contributed by atoms with Gasteiger partial charge in [-0.2, -0.15) is 5.26 Å². The monoisotopic (exact) mass is 259 g/mol. The second-order valence-corrected chi connectivity index (χ2v) is 3.71. The molecule has 0 bridgehead atoms. The van der Waals surface area contributed by atoms with E-state index in [-0.39, 0.29) is 0 Å². The van der Waals surface area contributed by atoms with Crippen molar-refractivity contribution in [3.8, 4) is 6.07 Å². The summed E-state index contributed by atoms with van der Waals surface area (Å²) in [5, 5.41) is 8.27. The van der Waals surface area contributed by atoms with Crippen molar-refractivity contribution in [3.63, 3.8) is 0 Å². The normalized spacial score (nSPS) is 10.4. The van der Waals surface area contributed by atoms with Crippen LogP contribution in [0.2, 0.25) is 0 Å². The first kappa shape index (κ1) is 17.3. The minimum atomic E-state index is 0.432. The number of hydrogen-bond donors (Lipinski definition) is 0. The van der Waals surface area contributed by atoms with Crippen molar-refractivity contribution in [3.05, 3.63) is 0 Å². The fourth-order valence-corrected chi connectivity index (χ4v) is 1.13. The van der Waals surface area contributed by atoms with Crippen molar-refractivity contribution < 1.29 is 18.9 Å². The van der Waals surface area contributed by atoms with Gasteiger partial charge in [-0.05, 0) is 6.42 Å². The van der Waals surface area contributed by atoms with E-state index >= 15 is 0 Å². The fourth-order valence-electron chi connectivity index (χ4n) is 1.13. The van der Waals surface area contributed by atoms with E-state index in [2.05, 4.69) is 6.92 Å². The topological polar surface area (TPSA) is 60.7 Å². The summed E-state index contributed by atoms with van der Waals surface area (Å²) in [6.07, 6.45) is 2.70. The largest absolute Gasteiger partial charge is 0.379 e. The van der Waals surface area contributed by atoms with Crippen LogP contribution in [0.3, 0.4) is 0 Å². The molecule has 0 saturated heterocycles. The van der Waals surface area contributed by atoms with Gasteiger partial charge in [0.2, 0.25) is 0 Å². The number of ether oxygens (including phenoxy) is 4. The van der Waals surface area contributed by atoms with Gasteiger partial charge in [-0.25, -0.2) is 0 Å². The lowest BCUT2D eigenvalue weighted by molar-refractivity contribution is -0.00149. The molecule has 0 unspecified atom stereocenters. The van der Waals surface area contributed by atoms with E-state index in [1.54, 1.807) is 0 Å². The van der Waals surface area contributed by atoms with Crippen molar-refractivity contribution in [2.24, 2.45) is 0 Å². The zero-order chi connectivity index (χ0) is 13.3. The molecule has 5 nitrogen and oxygen atoms in total. The Hall–Kier alpha value is -0.670. The van der Waals surface area contributed by atoms with Crippen LogP contribution in [-0.2, 0) is 18.9 Å². The minimum absolute atomic E-state index is 0.432. The Morgan fingerprint density at radius 2 is 1.17 bits per heavy atom. The van der Waals surface area contributed by atoms with Crippen LogP contribution < -0.4 is 0 Å². The molecule has 0 rings (SSSR count). The highest BCUT2D eigenvalue weighted by molar-refractivity contribution is 4.66. The van der Waals surface area contributed by atoms with Gasteiger partial charge in [-0.1, -0.05) is 13.3 Å². The van der Waals surface area contributed by atoms with Crippen LogP contribution in [-0.4, -0.2) is 52.9 Å². The molecule has 0 amide bonds. The molecule has 0 aromatic rings. The molecule has 0 aliphatic heterocycles. The van der Waals surface area contributed by atoms with Crippen molar-refractivity contribution in [1.82, 2.24) is 0 Å². The summed E-state index contributed by atoms with van der Waals surface area (Å²) in [7, 11) is 0. The molecular weight excluding hydrogens is 234 g/mol. The quantitative estimate of drug-likeness (QED) is 0.445. The molecule has 106 valence electrons. The van der Waals surface area contributed by atoms with E-state index in [1.165, 1.54) is 0 Å². The lowest BCUT2D eigenvalue weighted by atomic mass is 10.4. The molecule has 0 radical (unpaired) electrons. The predicted octanol–water partition coefficient (Wildman–Crippen LogP) is 1.77. The Morgan fingerprint density at radius 3 is 1.61 bits per heavy atom. The molecule has 0 spiro atoms. The smallest absolute Gasteiger partial charge is 0.0701 e. The van der Waals surface area contributed by atoms with Gasteiger partial charge in [0.15, 0.2) is 0 Å². The van der Waals surface area contributed by atoms with Gasteiger partial charge in [0.25, 0.3) is 0 Å². The summed E-state index contributed by atoms with van der Waals surface area (Å²) < 4.78 is 21.1. The number of hydrogen-bond acceptors (Lipinski definition) is 5. The van der Waals surface area contributed by atoms with Crippen molar-refractivity contribution in [1.29, 1.82) is 5.26 Å². The van der Waals surface area contributed by atoms with Crippen LogP contribution in [0.5, 0.6) is 0 Å². The highest BCUT2D eigenvalue weighted by Gasteiger charge is 1.92. The maximum absolute atomic E-state index is 8.27. The Kier molecular flexibility index (Phi) is 15.7. The van der Waals surface area contributed by atoms with Gasteiger partial charge in [0, 0.05) is 6.61 Å². The van der Waals surface area contributed by atoms with E-state index in [4.69, 9.17) is 24.2 Å². The lowest BCUT2D eigenvalue weighted by Crippen LogP contribution is -2.12. The van der Waals surface area contributed by atoms with Crippen LogP contribution in [0.25, 0.3) is 0 Å². The molecule has 0 aliphatic rings. The maximum Gasteiger partial charge on any atom is 0.0701 e. The first-order valence-electron chi connectivity index (χ1n) is 6.59. The molecule has 0 saturated carbocycles. The van der Waals surface area contributed by atoms with Crippen LogP contribution in [0, 0.1) is 11.3 Å². The summed E-state index contributed by atoms with van der Waals surface area (Å²) >= 11 is 0. The molecule has 0 atom stereocenters. The maximum atomic E-state index is 8.27. The predicted molar refractivity (Wildman–Crippen MR) is 68.4 cm³/mol. The first-order valence-corrected chi connectivity index (χ1v) is 6.59. The Labute approximate surface area is 110 Å². The molecule has 0 N–H and O–H groups in total. The standard InChI is InChI=1S/C13H25NO4/c1-2-3-6-15-8-10-17-12-13-18-11-9-16-7-4-5-14/h2-4,6-13H2,1H3. The van der Waals surface area contributed by atoms with E-state index in [1.807, 2.05) is 6.07 Å². The first-order chi connectivity index (χ1) is 8.91. The van der Waals surface area contributed by atoms with Gasteiger partial charge in [0.05, 0.1) is 58.7 Å². The zero-order valence-corrected chi connectivity index (χ0v) is 11.4.